The number of rotatable bonds is 6. The van der Waals surface area contributed by atoms with Gasteiger partial charge in [0.2, 0.25) is 0 Å². The summed E-state index contributed by atoms with van der Waals surface area (Å²) in [5, 5.41) is 9.44. The maximum absolute atomic E-state index is 13.7. The molecule has 3 aromatic carbocycles. The predicted octanol–water partition coefficient (Wildman–Crippen LogP) is 6.90. The van der Waals surface area contributed by atoms with Gasteiger partial charge >= 0.3 is 0 Å². The Labute approximate surface area is 222 Å². The summed E-state index contributed by atoms with van der Waals surface area (Å²) < 4.78 is 1.81. The summed E-state index contributed by atoms with van der Waals surface area (Å²) in [6.07, 6.45) is 2.55. The fourth-order valence-corrected chi connectivity index (χ4v) is 4.85. The van der Waals surface area contributed by atoms with E-state index >= 15 is 0 Å². The standard InChI is InChI=1S/C28H27Br2N3O2/c1-3-28(4-2)17-18-7-5-6-8-23(18)25(33-28)24(26(34)31-21-13-9-19(29)10-14-21)27(35)32-22-15-11-20(30)12-16-22/h5-16,33H,3-4,17H2,1-2H3,(H,31,34)(H,32,35). The number of hydrogen-bond acceptors (Lipinski definition) is 3. The molecule has 0 unspecified atom stereocenters. The number of benzene rings is 3. The summed E-state index contributed by atoms with van der Waals surface area (Å²) >= 11 is 6.83. The van der Waals surface area contributed by atoms with E-state index < -0.39 is 11.8 Å². The van der Waals surface area contributed by atoms with E-state index in [4.69, 9.17) is 0 Å². The average Bonchev–Trinajstić information content (AvgIpc) is 2.86. The molecule has 5 nitrogen and oxygen atoms in total. The van der Waals surface area contributed by atoms with Crippen molar-refractivity contribution in [3.05, 3.63) is 98.4 Å². The van der Waals surface area contributed by atoms with Gasteiger partial charge in [-0.15, -0.1) is 0 Å². The van der Waals surface area contributed by atoms with Crippen molar-refractivity contribution in [3.8, 4) is 0 Å². The van der Waals surface area contributed by atoms with E-state index in [1.165, 1.54) is 0 Å². The minimum Gasteiger partial charge on any atom is -0.378 e. The first kappa shape index (κ1) is 25.2. The van der Waals surface area contributed by atoms with E-state index in [1.807, 2.05) is 42.5 Å². The molecule has 0 radical (unpaired) electrons. The minimum absolute atomic E-state index is 0.0502. The van der Waals surface area contributed by atoms with E-state index in [1.54, 1.807) is 24.3 Å². The van der Waals surface area contributed by atoms with Gasteiger partial charge < -0.3 is 16.0 Å². The lowest BCUT2D eigenvalue weighted by Crippen LogP contribution is -2.49. The van der Waals surface area contributed by atoms with E-state index in [0.29, 0.717) is 17.1 Å². The summed E-state index contributed by atoms with van der Waals surface area (Å²) in [6.45, 7) is 4.26. The molecule has 1 aliphatic heterocycles. The molecule has 1 heterocycles. The molecule has 0 aliphatic carbocycles. The molecule has 0 saturated carbocycles. The topological polar surface area (TPSA) is 70.2 Å². The first-order valence-electron chi connectivity index (χ1n) is 11.6. The molecular weight excluding hydrogens is 570 g/mol. The van der Waals surface area contributed by atoms with Crippen molar-refractivity contribution in [2.24, 2.45) is 0 Å². The zero-order valence-electron chi connectivity index (χ0n) is 19.6. The first-order chi connectivity index (χ1) is 16.8. The van der Waals surface area contributed by atoms with Gasteiger partial charge in [0.15, 0.2) is 0 Å². The number of carbonyl (C=O) groups excluding carboxylic acids is 2. The van der Waals surface area contributed by atoms with Gasteiger partial charge in [0.05, 0.1) is 5.70 Å². The molecule has 7 heteroatoms. The molecule has 3 aromatic rings. The van der Waals surface area contributed by atoms with E-state index in [2.05, 4.69) is 67.7 Å². The highest BCUT2D eigenvalue weighted by Crippen LogP contribution is 2.35. The van der Waals surface area contributed by atoms with Gasteiger partial charge in [-0.2, -0.15) is 0 Å². The fourth-order valence-electron chi connectivity index (χ4n) is 4.32. The van der Waals surface area contributed by atoms with Crippen molar-refractivity contribution >= 4 is 60.7 Å². The zero-order chi connectivity index (χ0) is 25.0. The summed E-state index contributed by atoms with van der Waals surface area (Å²) in [5.74, 6) is -0.940. The number of amides is 2. The van der Waals surface area contributed by atoms with Gasteiger partial charge in [-0.3, -0.25) is 9.59 Å². The third kappa shape index (κ3) is 5.68. The molecule has 1 aliphatic rings. The number of fused-ring (bicyclic) bond motifs is 1. The van der Waals surface area contributed by atoms with Crippen molar-refractivity contribution in [1.82, 2.24) is 5.32 Å². The minimum atomic E-state index is -0.470. The van der Waals surface area contributed by atoms with Crippen LogP contribution in [0.4, 0.5) is 11.4 Å². The van der Waals surface area contributed by atoms with Crippen molar-refractivity contribution in [2.75, 3.05) is 10.6 Å². The average molecular weight is 597 g/mol. The summed E-state index contributed by atoms with van der Waals surface area (Å²) in [5.41, 5.74) is 3.56. The molecule has 2 amide bonds. The van der Waals surface area contributed by atoms with Crippen LogP contribution in [0.1, 0.15) is 37.8 Å². The van der Waals surface area contributed by atoms with Crippen LogP contribution in [-0.4, -0.2) is 17.4 Å². The van der Waals surface area contributed by atoms with Crippen LogP contribution < -0.4 is 16.0 Å². The van der Waals surface area contributed by atoms with Crippen LogP contribution in [-0.2, 0) is 16.0 Å². The molecule has 0 spiro atoms. The Morgan fingerprint density at radius 3 is 1.77 bits per heavy atom. The lowest BCUT2D eigenvalue weighted by molar-refractivity contribution is -0.118. The van der Waals surface area contributed by atoms with Gasteiger partial charge in [0, 0.05) is 31.4 Å². The van der Waals surface area contributed by atoms with Gasteiger partial charge in [-0.25, -0.2) is 0 Å². The highest BCUT2D eigenvalue weighted by atomic mass is 79.9. The predicted molar refractivity (Wildman–Crippen MR) is 149 cm³/mol. The molecule has 180 valence electrons. The molecule has 0 bridgehead atoms. The molecule has 4 rings (SSSR count). The Morgan fingerprint density at radius 1 is 0.800 bits per heavy atom. The highest BCUT2D eigenvalue weighted by molar-refractivity contribution is 9.10. The molecule has 0 saturated heterocycles. The molecule has 0 aromatic heterocycles. The van der Waals surface area contributed by atoms with Crippen LogP contribution in [0.15, 0.2) is 87.3 Å². The zero-order valence-corrected chi connectivity index (χ0v) is 22.8. The van der Waals surface area contributed by atoms with Crippen LogP contribution in [0.3, 0.4) is 0 Å². The highest BCUT2D eigenvalue weighted by Gasteiger charge is 2.37. The van der Waals surface area contributed by atoms with Crippen LogP contribution in [0.2, 0.25) is 0 Å². The maximum atomic E-state index is 13.7. The van der Waals surface area contributed by atoms with Crippen LogP contribution in [0.25, 0.3) is 5.70 Å². The Kier molecular flexibility index (Phi) is 7.77. The number of anilines is 2. The first-order valence-corrected chi connectivity index (χ1v) is 13.2. The molecule has 3 N–H and O–H groups in total. The second kappa shape index (κ2) is 10.8. The monoisotopic (exact) mass is 595 g/mol. The van der Waals surface area contributed by atoms with E-state index in [0.717, 1.165) is 39.3 Å². The van der Waals surface area contributed by atoms with Gasteiger partial charge in [-0.05, 0) is 73.4 Å². The third-order valence-electron chi connectivity index (χ3n) is 6.47. The van der Waals surface area contributed by atoms with Crippen molar-refractivity contribution in [3.63, 3.8) is 0 Å². The van der Waals surface area contributed by atoms with Crippen LogP contribution >= 0.6 is 31.9 Å². The number of carbonyl (C=O) groups is 2. The van der Waals surface area contributed by atoms with E-state index in [9.17, 15) is 9.59 Å². The van der Waals surface area contributed by atoms with Crippen LogP contribution in [0.5, 0.6) is 0 Å². The summed E-state index contributed by atoms with van der Waals surface area (Å²) in [7, 11) is 0. The largest absolute Gasteiger partial charge is 0.378 e. The maximum Gasteiger partial charge on any atom is 0.263 e. The molecule has 0 fully saturated rings. The lowest BCUT2D eigenvalue weighted by Gasteiger charge is -2.41. The normalized spacial score (nSPS) is 13.9. The Hall–Kier alpha value is -2.90. The molecular formula is C28H27Br2N3O2. The quantitative estimate of drug-likeness (QED) is 0.165. The summed E-state index contributed by atoms with van der Waals surface area (Å²) in [4.78, 5) is 27.4. The van der Waals surface area contributed by atoms with Crippen LogP contribution in [0, 0.1) is 0 Å². The molecule has 35 heavy (non-hydrogen) atoms. The Morgan fingerprint density at radius 2 is 1.29 bits per heavy atom. The smallest absolute Gasteiger partial charge is 0.263 e. The fraction of sp³-hybridized carbons (Fsp3) is 0.214. The van der Waals surface area contributed by atoms with Crippen molar-refractivity contribution < 1.29 is 9.59 Å². The van der Waals surface area contributed by atoms with E-state index in [-0.39, 0.29) is 11.1 Å². The van der Waals surface area contributed by atoms with Gasteiger partial charge in [0.25, 0.3) is 11.8 Å². The SMILES string of the molecule is CCC1(CC)Cc2ccccc2C(=C(C(=O)Nc2ccc(Br)cc2)C(=O)Nc2ccc(Br)cc2)N1. The van der Waals surface area contributed by atoms with Crippen molar-refractivity contribution in [1.29, 1.82) is 0 Å². The summed E-state index contributed by atoms with van der Waals surface area (Å²) in [6, 6.07) is 22.5. The van der Waals surface area contributed by atoms with Gasteiger partial charge in [0.1, 0.15) is 5.57 Å². The number of nitrogens with one attached hydrogen (secondary N) is 3. The van der Waals surface area contributed by atoms with Gasteiger partial charge in [-0.1, -0.05) is 70.0 Å². The second-order valence-corrected chi connectivity index (χ2v) is 10.4. The number of halogens is 2. The lowest BCUT2D eigenvalue weighted by atomic mass is 9.79. The second-order valence-electron chi connectivity index (χ2n) is 8.62. The third-order valence-corrected chi connectivity index (χ3v) is 7.52. The Bertz CT molecular complexity index is 1200. The van der Waals surface area contributed by atoms with Crippen molar-refractivity contribution in [2.45, 2.75) is 38.6 Å². The Balaban J connectivity index is 1.83. The number of hydrogen-bond donors (Lipinski definition) is 3. The molecule has 0 atom stereocenters.